The number of benzene rings is 2. The fourth-order valence-corrected chi connectivity index (χ4v) is 2.36. The van der Waals surface area contributed by atoms with Gasteiger partial charge in [0.05, 0.1) is 11.3 Å². The lowest BCUT2D eigenvalue weighted by Gasteiger charge is -2.10. The SMILES string of the molecule is Cc1ccc(N)c(C(=O)Nc2cc(Br)ccc2Br)c1. The van der Waals surface area contributed by atoms with Gasteiger partial charge in [0.2, 0.25) is 0 Å². The number of nitrogens with two attached hydrogens (primary N) is 1. The van der Waals surface area contributed by atoms with Crippen LogP contribution in [0.4, 0.5) is 11.4 Å². The maximum Gasteiger partial charge on any atom is 0.257 e. The van der Waals surface area contributed by atoms with Crippen LogP contribution in [0.1, 0.15) is 15.9 Å². The minimum Gasteiger partial charge on any atom is -0.398 e. The van der Waals surface area contributed by atoms with Crippen molar-refractivity contribution in [2.45, 2.75) is 6.92 Å². The van der Waals surface area contributed by atoms with Crippen molar-refractivity contribution in [1.82, 2.24) is 0 Å². The van der Waals surface area contributed by atoms with E-state index >= 15 is 0 Å². The zero-order valence-electron chi connectivity index (χ0n) is 10.2. The van der Waals surface area contributed by atoms with Gasteiger partial charge in [0.1, 0.15) is 0 Å². The molecule has 2 rings (SSSR count). The molecular formula is C14H12Br2N2O. The van der Waals surface area contributed by atoms with Gasteiger partial charge in [-0.1, -0.05) is 27.6 Å². The normalized spacial score (nSPS) is 10.3. The molecule has 5 heteroatoms. The van der Waals surface area contributed by atoms with Gasteiger partial charge in [0.15, 0.2) is 0 Å². The maximum atomic E-state index is 12.2. The first-order valence-electron chi connectivity index (χ1n) is 5.60. The summed E-state index contributed by atoms with van der Waals surface area (Å²) >= 11 is 6.77. The van der Waals surface area contributed by atoms with Crippen LogP contribution in [0.2, 0.25) is 0 Å². The van der Waals surface area contributed by atoms with E-state index in [2.05, 4.69) is 37.2 Å². The number of anilines is 2. The van der Waals surface area contributed by atoms with Crippen LogP contribution in [0.15, 0.2) is 45.3 Å². The number of rotatable bonds is 2. The lowest BCUT2D eigenvalue weighted by molar-refractivity contribution is 0.102. The Balaban J connectivity index is 2.30. The summed E-state index contributed by atoms with van der Waals surface area (Å²) in [7, 11) is 0. The summed E-state index contributed by atoms with van der Waals surface area (Å²) in [5.41, 5.74) is 8.46. The maximum absolute atomic E-state index is 12.2. The summed E-state index contributed by atoms with van der Waals surface area (Å²) in [5, 5.41) is 2.84. The Kier molecular flexibility index (Phi) is 4.27. The first-order valence-corrected chi connectivity index (χ1v) is 7.18. The minimum absolute atomic E-state index is 0.222. The van der Waals surface area contributed by atoms with Gasteiger partial charge in [-0.2, -0.15) is 0 Å². The summed E-state index contributed by atoms with van der Waals surface area (Å²) < 4.78 is 1.71. The lowest BCUT2D eigenvalue weighted by atomic mass is 10.1. The topological polar surface area (TPSA) is 55.1 Å². The molecule has 3 nitrogen and oxygen atoms in total. The molecule has 0 fully saturated rings. The number of amides is 1. The predicted molar refractivity (Wildman–Crippen MR) is 85.4 cm³/mol. The standard InChI is InChI=1S/C14H12Br2N2O/c1-8-2-5-12(17)10(6-8)14(19)18-13-7-9(15)3-4-11(13)16/h2-7H,17H2,1H3,(H,18,19). The molecule has 19 heavy (non-hydrogen) atoms. The van der Waals surface area contributed by atoms with Crippen molar-refractivity contribution in [3.8, 4) is 0 Å². The van der Waals surface area contributed by atoms with Crippen LogP contribution in [-0.4, -0.2) is 5.91 Å². The minimum atomic E-state index is -0.222. The zero-order chi connectivity index (χ0) is 14.0. The Labute approximate surface area is 128 Å². The van der Waals surface area contributed by atoms with Gasteiger partial charge < -0.3 is 11.1 Å². The monoisotopic (exact) mass is 382 g/mol. The molecule has 0 radical (unpaired) electrons. The number of nitrogens with one attached hydrogen (secondary N) is 1. The number of hydrogen-bond donors (Lipinski definition) is 2. The molecule has 0 spiro atoms. The van der Waals surface area contributed by atoms with Crippen LogP contribution in [0, 0.1) is 6.92 Å². The van der Waals surface area contributed by atoms with Gasteiger partial charge in [-0.3, -0.25) is 4.79 Å². The Morgan fingerprint density at radius 3 is 2.63 bits per heavy atom. The van der Waals surface area contributed by atoms with E-state index in [1.54, 1.807) is 12.1 Å². The van der Waals surface area contributed by atoms with E-state index in [1.165, 1.54) is 0 Å². The first-order chi connectivity index (χ1) is 8.97. The van der Waals surface area contributed by atoms with Gasteiger partial charge in [-0.15, -0.1) is 0 Å². The molecule has 0 atom stereocenters. The van der Waals surface area contributed by atoms with Crippen molar-refractivity contribution in [3.05, 3.63) is 56.5 Å². The van der Waals surface area contributed by atoms with E-state index in [0.717, 1.165) is 14.5 Å². The predicted octanol–water partition coefficient (Wildman–Crippen LogP) is 4.35. The molecule has 0 aliphatic rings. The molecule has 0 saturated heterocycles. The third kappa shape index (κ3) is 3.36. The summed E-state index contributed by atoms with van der Waals surface area (Å²) in [6.45, 7) is 1.92. The van der Waals surface area contributed by atoms with Crippen molar-refractivity contribution in [3.63, 3.8) is 0 Å². The molecule has 0 aromatic heterocycles. The van der Waals surface area contributed by atoms with Crippen LogP contribution >= 0.6 is 31.9 Å². The van der Waals surface area contributed by atoms with E-state index in [1.807, 2.05) is 31.2 Å². The molecule has 2 aromatic rings. The molecule has 0 bridgehead atoms. The Morgan fingerprint density at radius 1 is 1.16 bits per heavy atom. The molecule has 3 N–H and O–H groups in total. The molecule has 0 aliphatic heterocycles. The molecule has 0 unspecified atom stereocenters. The van der Waals surface area contributed by atoms with Gasteiger partial charge in [0, 0.05) is 14.6 Å². The van der Waals surface area contributed by atoms with Crippen LogP contribution in [0.25, 0.3) is 0 Å². The van der Waals surface area contributed by atoms with Crippen molar-refractivity contribution in [1.29, 1.82) is 0 Å². The fourth-order valence-electron chi connectivity index (χ4n) is 1.65. The molecule has 0 aliphatic carbocycles. The highest BCUT2D eigenvalue weighted by atomic mass is 79.9. The molecule has 0 saturated carbocycles. The Morgan fingerprint density at radius 2 is 1.89 bits per heavy atom. The number of aryl methyl sites for hydroxylation is 1. The molecule has 2 aromatic carbocycles. The second-order valence-corrected chi connectivity index (χ2v) is 5.94. The number of carbonyl (C=O) groups is 1. The van der Waals surface area contributed by atoms with Crippen molar-refractivity contribution < 1.29 is 4.79 Å². The number of halogens is 2. The number of hydrogen-bond acceptors (Lipinski definition) is 2. The third-order valence-corrected chi connectivity index (χ3v) is 3.81. The third-order valence-electron chi connectivity index (χ3n) is 2.63. The van der Waals surface area contributed by atoms with Crippen LogP contribution in [0.5, 0.6) is 0 Å². The highest BCUT2D eigenvalue weighted by Gasteiger charge is 2.12. The summed E-state index contributed by atoms with van der Waals surface area (Å²) in [6.07, 6.45) is 0. The van der Waals surface area contributed by atoms with Gasteiger partial charge in [0.25, 0.3) is 5.91 Å². The first kappa shape index (κ1) is 14.1. The number of nitrogen functional groups attached to an aromatic ring is 1. The Hall–Kier alpha value is -1.33. The number of carbonyl (C=O) groups excluding carboxylic acids is 1. The Bertz CT molecular complexity index is 641. The average Bonchev–Trinajstić information content (AvgIpc) is 2.36. The molecule has 98 valence electrons. The van der Waals surface area contributed by atoms with E-state index in [-0.39, 0.29) is 5.91 Å². The van der Waals surface area contributed by atoms with Gasteiger partial charge in [-0.05, 0) is 53.2 Å². The highest BCUT2D eigenvalue weighted by molar-refractivity contribution is 9.11. The second-order valence-electron chi connectivity index (χ2n) is 4.17. The van der Waals surface area contributed by atoms with Crippen LogP contribution in [-0.2, 0) is 0 Å². The van der Waals surface area contributed by atoms with E-state index in [4.69, 9.17) is 5.73 Å². The second kappa shape index (κ2) is 5.75. The molecular weight excluding hydrogens is 372 g/mol. The highest BCUT2D eigenvalue weighted by Crippen LogP contribution is 2.27. The fraction of sp³-hybridized carbons (Fsp3) is 0.0714. The van der Waals surface area contributed by atoms with E-state index in [9.17, 15) is 4.79 Å². The van der Waals surface area contributed by atoms with Crippen LogP contribution < -0.4 is 11.1 Å². The van der Waals surface area contributed by atoms with Gasteiger partial charge in [-0.25, -0.2) is 0 Å². The van der Waals surface area contributed by atoms with Crippen molar-refractivity contribution in [2.24, 2.45) is 0 Å². The smallest absolute Gasteiger partial charge is 0.257 e. The van der Waals surface area contributed by atoms with Crippen molar-refractivity contribution in [2.75, 3.05) is 11.1 Å². The van der Waals surface area contributed by atoms with Crippen molar-refractivity contribution >= 4 is 49.1 Å². The van der Waals surface area contributed by atoms with E-state index < -0.39 is 0 Å². The van der Waals surface area contributed by atoms with E-state index in [0.29, 0.717) is 16.9 Å². The van der Waals surface area contributed by atoms with Gasteiger partial charge >= 0.3 is 0 Å². The quantitative estimate of drug-likeness (QED) is 0.757. The molecule has 0 heterocycles. The average molecular weight is 384 g/mol. The summed E-state index contributed by atoms with van der Waals surface area (Å²) in [5.74, 6) is -0.222. The largest absolute Gasteiger partial charge is 0.398 e. The molecule has 1 amide bonds. The summed E-state index contributed by atoms with van der Waals surface area (Å²) in [4.78, 5) is 12.2. The summed E-state index contributed by atoms with van der Waals surface area (Å²) in [6, 6.07) is 11.0. The zero-order valence-corrected chi connectivity index (χ0v) is 13.4. The van der Waals surface area contributed by atoms with Crippen LogP contribution in [0.3, 0.4) is 0 Å². The lowest BCUT2D eigenvalue weighted by Crippen LogP contribution is -2.14.